The number of rotatable bonds is 10. The predicted molar refractivity (Wildman–Crippen MR) is 121 cm³/mol. The minimum absolute atomic E-state index is 0.224. The number of piperazine rings is 1. The van der Waals surface area contributed by atoms with Crippen molar-refractivity contribution in [3.8, 4) is 23.0 Å². The van der Waals surface area contributed by atoms with Gasteiger partial charge in [-0.2, -0.15) is 0 Å². The van der Waals surface area contributed by atoms with Gasteiger partial charge in [0.15, 0.2) is 0 Å². The molecule has 2 N–H and O–H groups in total. The van der Waals surface area contributed by atoms with Crippen molar-refractivity contribution < 1.29 is 19.7 Å². The van der Waals surface area contributed by atoms with Gasteiger partial charge < -0.3 is 29.5 Å². The van der Waals surface area contributed by atoms with Crippen molar-refractivity contribution in [2.24, 2.45) is 0 Å². The zero-order chi connectivity index (χ0) is 21.3. The molecule has 1 heterocycles. The average Bonchev–Trinajstić information content (AvgIpc) is 2.75. The highest BCUT2D eigenvalue weighted by Gasteiger charge is 2.22. The minimum atomic E-state index is 0.224. The Labute approximate surface area is 179 Å². The number of aromatic hydroxyl groups is 2. The Morgan fingerprint density at radius 3 is 1.47 bits per heavy atom. The van der Waals surface area contributed by atoms with Crippen LogP contribution in [0.5, 0.6) is 23.0 Å². The van der Waals surface area contributed by atoms with Gasteiger partial charge in [-0.15, -0.1) is 0 Å². The summed E-state index contributed by atoms with van der Waals surface area (Å²) < 4.78 is 11.9. The maximum atomic E-state index is 9.88. The fourth-order valence-electron chi connectivity index (χ4n) is 3.60. The lowest BCUT2D eigenvalue weighted by atomic mass is 10.2. The zero-order valence-corrected chi connectivity index (χ0v) is 18.1. The van der Waals surface area contributed by atoms with Crippen molar-refractivity contribution in [3.63, 3.8) is 0 Å². The number of benzene rings is 2. The van der Waals surface area contributed by atoms with E-state index in [-0.39, 0.29) is 11.5 Å². The van der Waals surface area contributed by atoms with Gasteiger partial charge in [0.1, 0.15) is 23.0 Å². The highest BCUT2D eigenvalue weighted by molar-refractivity contribution is 5.64. The molecule has 0 unspecified atom stereocenters. The summed E-state index contributed by atoms with van der Waals surface area (Å²) in [6, 6.07) is 10.7. The van der Waals surface area contributed by atoms with Crippen molar-refractivity contribution >= 4 is 11.4 Å². The second kappa shape index (κ2) is 10.9. The Morgan fingerprint density at radius 1 is 0.700 bits per heavy atom. The molecule has 6 nitrogen and oxygen atoms in total. The Morgan fingerprint density at radius 2 is 1.10 bits per heavy atom. The third-order valence-electron chi connectivity index (χ3n) is 5.36. The quantitative estimate of drug-likeness (QED) is 0.546. The monoisotopic (exact) mass is 414 g/mol. The molecule has 2 aromatic rings. The maximum absolute atomic E-state index is 9.88. The van der Waals surface area contributed by atoms with Crippen molar-refractivity contribution in [2.75, 3.05) is 49.2 Å². The number of nitrogens with zero attached hydrogens (tertiary/aromatic N) is 2. The third-order valence-corrected chi connectivity index (χ3v) is 5.36. The minimum Gasteiger partial charge on any atom is -0.508 e. The summed E-state index contributed by atoms with van der Waals surface area (Å²) in [6.45, 7) is 8.92. The Hall–Kier alpha value is -2.76. The lowest BCUT2D eigenvalue weighted by Gasteiger charge is -2.38. The van der Waals surface area contributed by atoms with Crippen molar-refractivity contribution in [2.45, 2.75) is 39.5 Å². The highest BCUT2D eigenvalue weighted by Crippen LogP contribution is 2.36. The van der Waals surface area contributed by atoms with E-state index in [4.69, 9.17) is 9.47 Å². The second-order valence-corrected chi connectivity index (χ2v) is 7.68. The molecule has 0 amide bonds. The molecule has 0 aliphatic carbocycles. The van der Waals surface area contributed by atoms with Crippen molar-refractivity contribution in [1.29, 1.82) is 0 Å². The van der Waals surface area contributed by atoms with E-state index < -0.39 is 0 Å². The van der Waals surface area contributed by atoms with Crippen LogP contribution in [-0.4, -0.2) is 49.6 Å². The summed E-state index contributed by atoms with van der Waals surface area (Å²) in [5.41, 5.74) is 2.04. The van der Waals surface area contributed by atoms with E-state index in [1.54, 1.807) is 24.3 Å². The smallest absolute Gasteiger partial charge is 0.146 e. The van der Waals surface area contributed by atoms with Gasteiger partial charge in [0, 0.05) is 38.3 Å². The summed E-state index contributed by atoms with van der Waals surface area (Å²) in [4.78, 5) is 4.60. The lowest BCUT2D eigenvalue weighted by Crippen LogP contribution is -2.46. The summed E-state index contributed by atoms with van der Waals surface area (Å²) in [5.74, 6) is 1.93. The number of phenolic OH excluding ortho intramolecular Hbond substituents is 2. The SMILES string of the molecule is CCCCOc1cc(O)ccc1N1CCN(c2ccc(O)cc2OCCCC)CC1. The van der Waals surface area contributed by atoms with Crippen LogP contribution in [0, 0.1) is 0 Å². The van der Waals surface area contributed by atoms with Crippen LogP contribution >= 0.6 is 0 Å². The van der Waals surface area contributed by atoms with Crippen LogP contribution in [0.1, 0.15) is 39.5 Å². The van der Waals surface area contributed by atoms with Crippen LogP contribution in [0.3, 0.4) is 0 Å². The maximum Gasteiger partial charge on any atom is 0.146 e. The number of ether oxygens (including phenoxy) is 2. The molecule has 0 bridgehead atoms. The van der Waals surface area contributed by atoms with E-state index in [1.165, 1.54) is 0 Å². The standard InChI is InChI=1S/C24H34N2O4/c1-3-5-15-29-23-17-19(27)7-9-21(23)25-11-13-26(14-12-25)22-10-8-20(28)18-24(22)30-16-6-4-2/h7-10,17-18,27-28H,3-6,11-16H2,1-2H3. The molecule has 0 aromatic heterocycles. The van der Waals surface area contributed by atoms with Crippen LogP contribution < -0.4 is 19.3 Å². The molecular weight excluding hydrogens is 380 g/mol. The molecule has 6 heteroatoms. The van der Waals surface area contributed by atoms with Gasteiger partial charge in [-0.05, 0) is 37.1 Å². The fourth-order valence-corrected chi connectivity index (χ4v) is 3.60. The van der Waals surface area contributed by atoms with E-state index >= 15 is 0 Å². The molecule has 3 rings (SSSR count). The molecular formula is C24H34N2O4. The Balaban J connectivity index is 1.68. The van der Waals surface area contributed by atoms with Crippen molar-refractivity contribution in [3.05, 3.63) is 36.4 Å². The van der Waals surface area contributed by atoms with Gasteiger partial charge in [0.2, 0.25) is 0 Å². The lowest BCUT2D eigenvalue weighted by molar-refractivity contribution is 0.306. The number of hydrogen-bond acceptors (Lipinski definition) is 6. The summed E-state index contributed by atoms with van der Waals surface area (Å²) in [6.07, 6.45) is 4.12. The van der Waals surface area contributed by atoms with Crippen molar-refractivity contribution in [1.82, 2.24) is 0 Å². The molecule has 1 aliphatic heterocycles. The number of hydrogen-bond donors (Lipinski definition) is 2. The summed E-state index contributed by atoms with van der Waals surface area (Å²) in [5, 5.41) is 19.8. The third kappa shape index (κ3) is 5.65. The normalized spacial score (nSPS) is 14.1. The van der Waals surface area contributed by atoms with E-state index in [2.05, 4.69) is 23.6 Å². The number of anilines is 2. The topological polar surface area (TPSA) is 65.4 Å². The predicted octanol–water partition coefficient (Wildman–Crippen LogP) is 4.78. The van der Waals surface area contributed by atoms with Crippen LogP contribution in [0.4, 0.5) is 11.4 Å². The van der Waals surface area contributed by atoms with Crippen LogP contribution in [0.25, 0.3) is 0 Å². The first-order chi connectivity index (χ1) is 14.6. The zero-order valence-electron chi connectivity index (χ0n) is 18.1. The largest absolute Gasteiger partial charge is 0.508 e. The van der Waals surface area contributed by atoms with E-state index in [1.807, 2.05) is 12.1 Å². The highest BCUT2D eigenvalue weighted by atomic mass is 16.5. The van der Waals surface area contributed by atoms with Gasteiger partial charge in [-0.3, -0.25) is 0 Å². The summed E-state index contributed by atoms with van der Waals surface area (Å²) >= 11 is 0. The van der Waals surface area contributed by atoms with Gasteiger partial charge in [-0.1, -0.05) is 26.7 Å². The molecule has 0 spiro atoms. The number of unbranched alkanes of at least 4 members (excludes halogenated alkanes) is 2. The van der Waals surface area contributed by atoms with Gasteiger partial charge in [-0.25, -0.2) is 0 Å². The summed E-state index contributed by atoms with van der Waals surface area (Å²) in [7, 11) is 0. The first-order valence-electron chi connectivity index (χ1n) is 11.0. The van der Waals surface area contributed by atoms with Gasteiger partial charge >= 0.3 is 0 Å². The second-order valence-electron chi connectivity index (χ2n) is 7.68. The number of phenols is 2. The molecule has 2 aromatic carbocycles. The molecule has 1 fully saturated rings. The molecule has 1 saturated heterocycles. The van der Waals surface area contributed by atoms with E-state index in [0.717, 1.165) is 74.7 Å². The first-order valence-corrected chi connectivity index (χ1v) is 11.0. The van der Waals surface area contributed by atoms with Gasteiger partial charge in [0.25, 0.3) is 0 Å². The fraction of sp³-hybridized carbons (Fsp3) is 0.500. The van der Waals surface area contributed by atoms with E-state index in [9.17, 15) is 10.2 Å². The molecule has 164 valence electrons. The van der Waals surface area contributed by atoms with Gasteiger partial charge in [0.05, 0.1) is 24.6 Å². The molecule has 0 radical (unpaired) electrons. The van der Waals surface area contributed by atoms with Crippen LogP contribution in [-0.2, 0) is 0 Å². The molecule has 0 atom stereocenters. The average molecular weight is 415 g/mol. The van der Waals surface area contributed by atoms with E-state index in [0.29, 0.717) is 13.2 Å². The van der Waals surface area contributed by atoms with Crippen LogP contribution in [0.2, 0.25) is 0 Å². The van der Waals surface area contributed by atoms with Crippen LogP contribution in [0.15, 0.2) is 36.4 Å². The molecule has 30 heavy (non-hydrogen) atoms. The Kier molecular flexibility index (Phi) is 7.94. The molecule has 0 saturated carbocycles. The molecule has 1 aliphatic rings. The Bertz CT molecular complexity index is 736. The first kappa shape index (κ1) is 21.9.